The van der Waals surface area contributed by atoms with Crippen molar-refractivity contribution in [2.75, 3.05) is 27.3 Å². The minimum Gasteiger partial charge on any atom is -0.469 e. The van der Waals surface area contributed by atoms with E-state index in [0.717, 1.165) is 0 Å². The Labute approximate surface area is 134 Å². The van der Waals surface area contributed by atoms with Crippen molar-refractivity contribution >= 4 is 52.5 Å². The first-order valence-corrected chi connectivity index (χ1v) is 7.23. The van der Waals surface area contributed by atoms with Gasteiger partial charge in [0.05, 0.1) is 20.6 Å². The molecule has 0 aliphatic rings. The monoisotopic (exact) mass is 333 g/mol. The normalized spacial score (nSPS) is 9.62. The molecule has 0 aromatic heterocycles. The van der Waals surface area contributed by atoms with Crippen LogP contribution < -0.4 is 0 Å². The Balaban J connectivity index is 4.42. The molecule has 8 heteroatoms. The average molecular weight is 333 g/mol. The SMILES string of the molecule is COC(=O)CCCN(CCC(=S)C(=O)OC)C(=O)CC=S. The zero-order valence-electron chi connectivity index (χ0n) is 12.1. The fourth-order valence-corrected chi connectivity index (χ4v) is 1.85. The number of rotatable bonds is 10. The van der Waals surface area contributed by atoms with Gasteiger partial charge in [-0.15, -0.1) is 0 Å². The first-order valence-electron chi connectivity index (χ1n) is 6.35. The standard InChI is InChI=1S/C13H19NO5S2/c1-18-12(16)4-3-7-14(11(15)6-9-20)8-5-10(21)13(17)19-2/h9H,3-8H2,1-2H3. The Kier molecular flexibility index (Phi) is 10.5. The van der Waals surface area contributed by atoms with E-state index in [2.05, 4.69) is 21.7 Å². The molecular formula is C13H19NO5S2. The summed E-state index contributed by atoms with van der Waals surface area (Å²) >= 11 is 9.57. The van der Waals surface area contributed by atoms with Crippen LogP contribution in [0.2, 0.25) is 0 Å². The Hall–Kier alpha value is -1.41. The van der Waals surface area contributed by atoms with E-state index >= 15 is 0 Å². The van der Waals surface area contributed by atoms with Gasteiger partial charge in [0.15, 0.2) is 0 Å². The minimum atomic E-state index is -0.568. The smallest absolute Gasteiger partial charge is 0.344 e. The number of hydrogen-bond donors (Lipinski definition) is 0. The molecule has 0 N–H and O–H groups in total. The Morgan fingerprint density at radius 1 is 1.10 bits per heavy atom. The molecule has 21 heavy (non-hydrogen) atoms. The lowest BCUT2D eigenvalue weighted by molar-refractivity contribution is -0.141. The maximum Gasteiger partial charge on any atom is 0.344 e. The van der Waals surface area contributed by atoms with Gasteiger partial charge in [-0.1, -0.05) is 24.4 Å². The highest BCUT2D eigenvalue weighted by Gasteiger charge is 2.16. The summed E-state index contributed by atoms with van der Waals surface area (Å²) in [6, 6.07) is 0. The highest BCUT2D eigenvalue weighted by atomic mass is 32.1. The molecule has 0 heterocycles. The summed E-state index contributed by atoms with van der Waals surface area (Å²) in [6.45, 7) is 0.665. The highest BCUT2D eigenvalue weighted by molar-refractivity contribution is 7.82. The number of carbonyl (C=O) groups is 3. The number of thiocarbonyl (C=S) groups is 2. The molecule has 0 bridgehead atoms. The zero-order valence-corrected chi connectivity index (χ0v) is 13.8. The van der Waals surface area contributed by atoms with Crippen LogP contribution in [0.1, 0.15) is 25.7 Å². The molecule has 118 valence electrons. The van der Waals surface area contributed by atoms with Crippen LogP contribution in [-0.4, -0.2) is 60.3 Å². The van der Waals surface area contributed by atoms with Crippen LogP contribution in [0.4, 0.5) is 0 Å². The summed E-state index contributed by atoms with van der Waals surface area (Å²) in [5, 5.41) is 1.34. The van der Waals surface area contributed by atoms with Crippen molar-refractivity contribution in [3.8, 4) is 0 Å². The summed E-state index contributed by atoms with van der Waals surface area (Å²) in [6.07, 6.45) is 1.06. The molecule has 1 amide bonds. The summed E-state index contributed by atoms with van der Waals surface area (Å²) in [5.41, 5.74) is 0. The second-order valence-corrected chi connectivity index (χ2v) is 4.92. The van der Waals surface area contributed by atoms with Gasteiger partial charge < -0.3 is 14.4 Å². The van der Waals surface area contributed by atoms with E-state index < -0.39 is 5.97 Å². The average Bonchev–Trinajstić information content (AvgIpc) is 2.49. The van der Waals surface area contributed by atoms with Crippen LogP contribution >= 0.6 is 24.4 Å². The van der Waals surface area contributed by atoms with Crippen molar-refractivity contribution in [2.24, 2.45) is 0 Å². The summed E-state index contributed by atoms with van der Waals surface area (Å²) in [7, 11) is 2.56. The number of ether oxygens (including phenoxy) is 2. The van der Waals surface area contributed by atoms with Gasteiger partial charge in [0.25, 0.3) is 0 Å². The van der Waals surface area contributed by atoms with Gasteiger partial charge in [-0.25, -0.2) is 4.79 Å². The largest absolute Gasteiger partial charge is 0.469 e. The highest BCUT2D eigenvalue weighted by Crippen LogP contribution is 2.03. The van der Waals surface area contributed by atoms with Gasteiger partial charge in [-0.3, -0.25) is 9.59 Å². The predicted octanol–water partition coefficient (Wildman–Crippen LogP) is 1.09. The van der Waals surface area contributed by atoms with E-state index in [0.29, 0.717) is 13.0 Å². The van der Waals surface area contributed by atoms with E-state index in [1.807, 2.05) is 0 Å². The van der Waals surface area contributed by atoms with E-state index in [-0.39, 0.29) is 42.5 Å². The van der Waals surface area contributed by atoms with Crippen molar-refractivity contribution in [3.63, 3.8) is 0 Å². The van der Waals surface area contributed by atoms with Gasteiger partial charge >= 0.3 is 11.9 Å². The van der Waals surface area contributed by atoms with Crippen molar-refractivity contribution in [3.05, 3.63) is 0 Å². The number of amides is 1. The maximum absolute atomic E-state index is 11.9. The van der Waals surface area contributed by atoms with Gasteiger partial charge in [0.1, 0.15) is 4.86 Å². The predicted molar refractivity (Wildman–Crippen MR) is 85.3 cm³/mol. The van der Waals surface area contributed by atoms with Crippen LogP contribution in [0.15, 0.2) is 0 Å². The molecule has 0 unspecified atom stereocenters. The molecule has 0 aliphatic carbocycles. The lowest BCUT2D eigenvalue weighted by atomic mass is 10.2. The fourth-order valence-electron chi connectivity index (χ4n) is 1.53. The molecule has 0 fully saturated rings. The third-order valence-electron chi connectivity index (χ3n) is 2.67. The van der Waals surface area contributed by atoms with Crippen LogP contribution in [0.5, 0.6) is 0 Å². The number of esters is 2. The molecule has 0 rings (SSSR count). The Morgan fingerprint density at radius 3 is 2.29 bits per heavy atom. The molecule has 0 atom stereocenters. The van der Waals surface area contributed by atoms with Crippen LogP contribution in [0.3, 0.4) is 0 Å². The van der Waals surface area contributed by atoms with E-state index in [4.69, 9.17) is 12.2 Å². The van der Waals surface area contributed by atoms with E-state index in [1.54, 1.807) is 0 Å². The summed E-state index contributed by atoms with van der Waals surface area (Å²) in [5.74, 6) is -1.06. The number of nitrogens with zero attached hydrogens (tertiary/aromatic N) is 1. The molecule has 0 radical (unpaired) electrons. The van der Waals surface area contributed by atoms with Gasteiger partial charge in [0, 0.05) is 25.9 Å². The van der Waals surface area contributed by atoms with Crippen LogP contribution in [-0.2, 0) is 23.9 Å². The molecular weight excluding hydrogens is 314 g/mol. The van der Waals surface area contributed by atoms with Gasteiger partial charge in [-0.05, 0) is 11.8 Å². The third-order valence-corrected chi connectivity index (χ3v) is 3.21. The number of hydrogen-bond acceptors (Lipinski definition) is 7. The lowest BCUT2D eigenvalue weighted by Crippen LogP contribution is -2.35. The van der Waals surface area contributed by atoms with E-state index in [9.17, 15) is 14.4 Å². The molecule has 0 saturated heterocycles. The van der Waals surface area contributed by atoms with Crippen molar-refractivity contribution in [1.29, 1.82) is 0 Å². The zero-order chi connectivity index (χ0) is 16.3. The van der Waals surface area contributed by atoms with Crippen LogP contribution in [0, 0.1) is 0 Å². The number of carbonyl (C=O) groups excluding carboxylic acids is 3. The molecule has 0 aromatic carbocycles. The van der Waals surface area contributed by atoms with Crippen LogP contribution in [0.25, 0.3) is 0 Å². The van der Waals surface area contributed by atoms with Gasteiger partial charge in [-0.2, -0.15) is 0 Å². The lowest BCUT2D eigenvalue weighted by Gasteiger charge is -2.21. The molecule has 0 spiro atoms. The maximum atomic E-state index is 11.9. The quantitative estimate of drug-likeness (QED) is 0.438. The Bertz CT molecular complexity index is 411. The molecule has 0 saturated carbocycles. The summed E-state index contributed by atoms with van der Waals surface area (Å²) in [4.78, 5) is 35.8. The second kappa shape index (κ2) is 11.3. The molecule has 0 aliphatic heterocycles. The third kappa shape index (κ3) is 8.46. The molecule has 0 aromatic rings. The van der Waals surface area contributed by atoms with Crippen molar-refractivity contribution in [1.82, 2.24) is 4.90 Å². The van der Waals surface area contributed by atoms with Crippen molar-refractivity contribution in [2.45, 2.75) is 25.7 Å². The number of methoxy groups -OCH3 is 2. The topological polar surface area (TPSA) is 72.9 Å². The summed E-state index contributed by atoms with van der Waals surface area (Å²) < 4.78 is 9.05. The van der Waals surface area contributed by atoms with Gasteiger partial charge in [0.2, 0.25) is 5.91 Å². The van der Waals surface area contributed by atoms with E-state index in [1.165, 1.54) is 24.5 Å². The fraction of sp³-hybridized carbons (Fsp3) is 0.615. The first kappa shape index (κ1) is 19.6. The second-order valence-electron chi connectivity index (χ2n) is 4.10. The van der Waals surface area contributed by atoms with Crippen molar-refractivity contribution < 1.29 is 23.9 Å². The first-order chi connectivity index (χ1) is 9.96. The Morgan fingerprint density at radius 2 is 1.76 bits per heavy atom. The molecule has 6 nitrogen and oxygen atoms in total. The minimum absolute atomic E-state index is 0.124.